The minimum Gasteiger partial charge on any atom is -0.478 e. The van der Waals surface area contributed by atoms with E-state index in [0.29, 0.717) is 11.8 Å². The number of carbonyl (C=O) groups excluding carboxylic acids is 1. The summed E-state index contributed by atoms with van der Waals surface area (Å²) in [6.45, 7) is 2.92. The topological polar surface area (TPSA) is 66.4 Å². The van der Waals surface area contributed by atoms with Crippen LogP contribution >= 0.6 is 0 Å². The van der Waals surface area contributed by atoms with Gasteiger partial charge in [-0.1, -0.05) is 19.1 Å². The zero-order valence-electron chi connectivity index (χ0n) is 11.1. The van der Waals surface area contributed by atoms with Gasteiger partial charge >= 0.3 is 5.97 Å². The fourth-order valence-corrected chi connectivity index (χ4v) is 2.13. The lowest BCUT2D eigenvalue weighted by molar-refractivity contribution is -0.120. The molecule has 1 fully saturated rings. The van der Waals surface area contributed by atoms with E-state index < -0.39 is 5.97 Å². The van der Waals surface area contributed by atoms with Gasteiger partial charge < -0.3 is 10.4 Å². The van der Waals surface area contributed by atoms with E-state index in [1.807, 2.05) is 0 Å². The maximum atomic E-state index is 11.8. The van der Waals surface area contributed by atoms with Crippen molar-refractivity contribution >= 4 is 11.9 Å². The molecule has 1 saturated carbocycles. The molecule has 1 aromatic rings. The first-order chi connectivity index (χ1) is 9.04. The van der Waals surface area contributed by atoms with Crippen molar-refractivity contribution in [2.75, 3.05) is 6.54 Å². The molecule has 1 aliphatic rings. The lowest BCUT2D eigenvalue weighted by Gasteiger charge is -2.13. The first kappa shape index (κ1) is 13.6. The standard InChI is InChI=1S/C15H19NO3/c1-2-15(7-8-15)10-16-13(17)9-11-3-5-12(6-4-11)14(18)19/h3-6H,2,7-10H2,1H3,(H,16,17)(H,18,19). The van der Waals surface area contributed by atoms with Crippen LogP contribution in [0.4, 0.5) is 0 Å². The van der Waals surface area contributed by atoms with Crippen LogP contribution in [0.5, 0.6) is 0 Å². The number of amides is 1. The summed E-state index contributed by atoms with van der Waals surface area (Å²) in [7, 11) is 0. The molecule has 1 aromatic carbocycles. The average Bonchev–Trinajstić information content (AvgIpc) is 3.18. The highest BCUT2D eigenvalue weighted by molar-refractivity contribution is 5.87. The van der Waals surface area contributed by atoms with Crippen molar-refractivity contribution in [3.63, 3.8) is 0 Å². The molecule has 0 aromatic heterocycles. The lowest BCUT2D eigenvalue weighted by Crippen LogP contribution is -2.31. The van der Waals surface area contributed by atoms with Gasteiger partial charge in [0.1, 0.15) is 0 Å². The molecular weight excluding hydrogens is 242 g/mol. The molecule has 102 valence electrons. The number of hydrogen-bond donors (Lipinski definition) is 2. The van der Waals surface area contributed by atoms with Crippen LogP contribution in [0.1, 0.15) is 42.1 Å². The van der Waals surface area contributed by atoms with Gasteiger partial charge in [0.05, 0.1) is 12.0 Å². The van der Waals surface area contributed by atoms with E-state index in [2.05, 4.69) is 12.2 Å². The molecule has 4 nitrogen and oxygen atoms in total. The molecule has 0 aliphatic heterocycles. The minimum absolute atomic E-state index is 0.00259. The van der Waals surface area contributed by atoms with Crippen molar-refractivity contribution in [3.8, 4) is 0 Å². The van der Waals surface area contributed by atoms with Gasteiger partial charge in [-0.05, 0) is 42.4 Å². The van der Waals surface area contributed by atoms with Crippen LogP contribution in [-0.4, -0.2) is 23.5 Å². The molecule has 0 saturated heterocycles. The van der Waals surface area contributed by atoms with Crippen molar-refractivity contribution in [1.29, 1.82) is 0 Å². The number of aromatic carboxylic acids is 1. The van der Waals surface area contributed by atoms with Crippen LogP contribution in [-0.2, 0) is 11.2 Å². The maximum Gasteiger partial charge on any atom is 0.335 e. The smallest absolute Gasteiger partial charge is 0.335 e. The first-order valence-electron chi connectivity index (χ1n) is 6.64. The van der Waals surface area contributed by atoms with Gasteiger partial charge in [0.15, 0.2) is 0 Å². The zero-order valence-corrected chi connectivity index (χ0v) is 11.1. The van der Waals surface area contributed by atoms with E-state index in [9.17, 15) is 9.59 Å². The van der Waals surface area contributed by atoms with Crippen molar-refractivity contribution in [2.45, 2.75) is 32.6 Å². The number of nitrogens with one attached hydrogen (secondary N) is 1. The minimum atomic E-state index is -0.949. The molecule has 0 spiro atoms. The fraction of sp³-hybridized carbons (Fsp3) is 0.467. The molecule has 19 heavy (non-hydrogen) atoms. The molecule has 0 radical (unpaired) electrons. The highest BCUT2D eigenvalue weighted by Gasteiger charge is 2.40. The quantitative estimate of drug-likeness (QED) is 0.825. The van der Waals surface area contributed by atoms with Gasteiger partial charge in [-0.3, -0.25) is 4.79 Å². The number of carboxylic acid groups (broad SMARTS) is 1. The van der Waals surface area contributed by atoms with E-state index in [4.69, 9.17) is 5.11 Å². The molecule has 0 bridgehead atoms. The maximum absolute atomic E-state index is 11.8. The molecular formula is C15H19NO3. The molecule has 0 atom stereocenters. The summed E-state index contributed by atoms with van der Waals surface area (Å²) < 4.78 is 0. The Labute approximate surface area is 112 Å². The highest BCUT2D eigenvalue weighted by atomic mass is 16.4. The summed E-state index contributed by atoms with van der Waals surface area (Å²) in [5, 5.41) is 11.8. The van der Waals surface area contributed by atoms with Crippen LogP contribution in [0.2, 0.25) is 0 Å². The van der Waals surface area contributed by atoms with E-state index in [-0.39, 0.29) is 11.5 Å². The molecule has 0 unspecified atom stereocenters. The van der Waals surface area contributed by atoms with Gasteiger partial charge in [0.2, 0.25) is 5.91 Å². The largest absolute Gasteiger partial charge is 0.478 e. The number of carbonyl (C=O) groups is 2. The van der Waals surface area contributed by atoms with Crippen molar-refractivity contribution in [1.82, 2.24) is 5.32 Å². The predicted molar refractivity (Wildman–Crippen MR) is 72.1 cm³/mol. The lowest BCUT2D eigenvalue weighted by atomic mass is 10.0. The van der Waals surface area contributed by atoms with Crippen LogP contribution < -0.4 is 5.32 Å². The SMILES string of the molecule is CCC1(CNC(=O)Cc2ccc(C(=O)O)cc2)CC1. The van der Waals surface area contributed by atoms with E-state index in [1.165, 1.54) is 25.0 Å². The van der Waals surface area contributed by atoms with Gasteiger partial charge in [-0.25, -0.2) is 4.79 Å². The van der Waals surface area contributed by atoms with Crippen molar-refractivity contribution in [3.05, 3.63) is 35.4 Å². The monoisotopic (exact) mass is 261 g/mol. The van der Waals surface area contributed by atoms with Crippen LogP contribution in [0.25, 0.3) is 0 Å². The summed E-state index contributed by atoms with van der Waals surface area (Å²) in [5.41, 5.74) is 1.43. The molecule has 0 heterocycles. The second kappa shape index (κ2) is 5.43. The van der Waals surface area contributed by atoms with Crippen LogP contribution in [0, 0.1) is 5.41 Å². The summed E-state index contributed by atoms with van der Waals surface area (Å²) in [5.74, 6) is -0.947. The van der Waals surface area contributed by atoms with Gasteiger partial charge in [0, 0.05) is 6.54 Å². The summed E-state index contributed by atoms with van der Waals surface area (Å²) in [6.07, 6.45) is 3.83. The third-order valence-electron chi connectivity index (χ3n) is 3.93. The van der Waals surface area contributed by atoms with E-state index in [1.54, 1.807) is 12.1 Å². The van der Waals surface area contributed by atoms with Crippen molar-refractivity contribution in [2.24, 2.45) is 5.41 Å². The molecule has 2 rings (SSSR count). The number of hydrogen-bond acceptors (Lipinski definition) is 2. The second-order valence-electron chi connectivity index (χ2n) is 5.31. The van der Waals surface area contributed by atoms with Crippen molar-refractivity contribution < 1.29 is 14.7 Å². The Kier molecular flexibility index (Phi) is 3.88. The second-order valence-corrected chi connectivity index (χ2v) is 5.31. The first-order valence-corrected chi connectivity index (χ1v) is 6.64. The Morgan fingerprint density at radius 1 is 1.26 bits per heavy atom. The van der Waals surface area contributed by atoms with Crippen LogP contribution in [0.3, 0.4) is 0 Å². The zero-order chi connectivity index (χ0) is 13.9. The summed E-state index contributed by atoms with van der Waals surface area (Å²) in [4.78, 5) is 22.5. The number of rotatable bonds is 6. The van der Waals surface area contributed by atoms with Gasteiger partial charge in [-0.2, -0.15) is 0 Å². The predicted octanol–water partition coefficient (Wildman–Crippen LogP) is 2.23. The normalized spacial score (nSPS) is 15.8. The van der Waals surface area contributed by atoms with Gasteiger partial charge in [-0.15, -0.1) is 0 Å². The van der Waals surface area contributed by atoms with Crippen LogP contribution in [0.15, 0.2) is 24.3 Å². The molecule has 4 heteroatoms. The Bertz CT molecular complexity index is 475. The molecule has 1 amide bonds. The summed E-state index contributed by atoms with van der Waals surface area (Å²) >= 11 is 0. The van der Waals surface area contributed by atoms with Gasteiger partial charge in [0.25, 0.3) is 0 Å². The van der Waals surface area contributed by atoms with E-state index >= 15 is 0 Å². The van der Waals surface area contributed by atoms with E-state index in [0.717, 1.165) is 18.5 Å². The highest BCUT2D eigenvalue weighted by Crippen LogP contribution is 2.47. The summed E-state index contributed by atoms with van der Waals surface area (Å²) in [6, 6.07) is 6.43. The Hall–Kier alpha value is -1.84. The third-order valence-corrected chi connectivity index (χ3v) is 3.93. The molecule has 1 aliphatic carbocycles. The Balaban J connectivity index is 1.83. The number of carboxylic acids is 1. The average molecular weight is 261 g/mol. The Morgan fingerprint density at radius 2 is 1.89 bits per heavy atom. The number of benzene rings is 1. The Morgan fingerprint density at radius 3 is 2.37 bits per heavy atom. The molecule has 2 N–H and O–H groups in total. The fourth-order valence-electron chi connectivity index (χ4n) is 2.13. The third kappa shape index (κ3) is 3.56.